The first kappa shape index (κ1) is 27.2. The molecule has 0 saturated carbocycles. The molecule has 0 N–H and O–H groups in total. The molecule has 0 unspecified atom stereocenters. The summed E-state index contributed by atoms with van der Waals surface area (Å²) in [4.78, 5) is 0. The fourth-order valence-electron chi connectivity index (χ4n) is 2.74. The predicted octanol–water partition coefficient (Wildman–Crippen LogP) is 8.27. The Morgan fingerprint density at radius 2 is 0.781 bits per heavy atom. The van der Waals surface area contributed by atoms with Gasteiger partial charge in [0.25, 0.3) is 0 Å². The van der Waals surface area contributed by atoms with Crippen LogP contribution in [0.5, 0.6) is 0 Å². The van der Waals surface area contributed by atoms with Gasteiger partial charge >= 0.3 is 0 Å². The number of hydrogen-bond donors (Lipinski definition) is 0. The van der Waals surface area contributed by atoms with Crippen molar-refractivity contribution in [1.82, 2.24) is 0 Å². The van der Waals surface area contributed by atoms with Gasteiger partial charge in [-0.1, -0.05) is 35.4 Å². The van der Waals surface area contributed by atoms with Gasteiger partial charge in [-0.2, -0.15) is 60.7 Å². The van der Waals surface area contributed by atoms with Crippen LogP contribution in [0.2, 0.25) is 0 Å². The van der Waals surface area contributed by atoms with E-state index in [9.17, 15) is 0 Å². The largest absolute Gasteiger partial charge is 0.214 e. The van der Waals surface area contributed by atoms with Gasteiger partial charge < -0.3 is 0 Å². The summed E-state index contributed by atoms with van der Waals surface area (Å²) in [5, 5.41) is 0. The van der Waals surface area contributed by atoms with Crippen LogP contribution < -0.4 is 0 Å². The van der Waals surface area contributed by atoms with E-state index < -0.39 is 0 Å². The molecule has 0 fully saturated rings. The van der Waals surface area contributed by atoms with Crippen molar-refractivity contribution >= 4 is 24.3 Å². The molecule has 0 bridgehead atoms. The Kier molecular flexibility index (Phi) is 14.3. The van der Waals surface area contributed by atoms with E-state index in [1.807, 2.05) is 60.7 Å². The third-order valence-corrected chi connectivity index (χ3v) is 4.36. The normalized spacial score (nSPS) is 9.75. The molecule has 0 atom stereocenters. The zero-order valence-corrected chi connectivity index (χ0v) is 19.9. The molecule has 166 valence electrons. The molecular formula is C30H26Fe2-4. The summed E-state index contributed by atoms with van der Waals surface area (Å²) >= 11 is 0. The van der Waals surface area contributed by atoms with E-state index in [-0.39, 0.29) is 34.1 Å². The molecular weight excluding hydrogens is 472 g/mol. The van der Waals surface area contributed by atoms with Crippen molar-refractivity contribution in [3.8, 4) is 0 Å². The summed E-state index contributed by atoms with van der Waals surface area (Å²) in [6.07, 6.45) is 8.55. The molecule has 0 amide bonds. The van der Waals surface area contributed by atoms with Crippen LogP contribution in [0, 0.1) is 0 Å². The second-order valence-electron chi connectivity index (χ2n) is 6.69. The van der Waals surface area contributed by atoms with Gasteiger partial charge in [0.05, 0.1) is 0 Å². The smallest absolute Gasteiger partial charge is 0 e. The summed E-state index contributed by atoms with van der Waals surface area (Å²) in [5.41, 5.74) is 4.92. The van der Waals surface area contributed by atoms with E-state index in [4.69, 9.17) is 0 Å². The van der Waals surface area contributed by atoms with E-state index in [1.165, 1.54) is 22.3 Å². The molecule has 2 heteroatoms. The van der Waals surface area contributed by atoms with Gasteiger partial charge in [0.15, 0.2) is 0 Å². The van der Waals surface area contributed by atoms with Crippen LogP contribution in [-0.2, 0) is 34.1 Å². The van der Waals surface area contributed by atoms with Gasteiger partial charge in [-0.05, 0) is 0 Å². The van der Waals surface area contributed by atoms with E-state index >= 15 is 0 Å². The van der Waals surface area contributed by atoms with Gasteiger partial charge in [0.1, 0.15) is 0 Å². The van der Waals surface area contributed by atoms with Crippen molar-refractivity contribution in [1.29, 1.82) is 0 Å². The van der Waals surface area contributed by atoms with Crippen LogP contribution >= 0.6 is 0 Å². The minimum Gasteiger partial charge on any atom is -0.214 e. The van der Waals surface area contributed by atoms with Gasteiger partial charge in [-0.25, -0.2) is 24.3 Å². The molecule has 0 heterocycles. The maximum Gasteiger partial charge on any atom is 0 e. The Hall–Kier alpha value is -2.86. The average molecular weight is 498 g/mol. The molecule has 0 aromatic heterocycles. The molecule has 0 saturated heterocycles. The maximum absolute atomic E-state index is 2.14. The molecule has 0 aliphatic rings. The Morgan fingerprint density at radius 3 is 1.03 bits per heavy atom. The summed E-state index contributed by atoms with van der Waals surface area (Å²) < 4.78 is 0. The zero-order valence-electron chi connectivity index (χ0n) is 17.7. The molecule has 0 spiro atoms. The minimum atomic E-state index is 0. The van der Waals surface area contributed by atoms with Crippen molar-refractivity contribution in [2.75, 3.05) is 0 Å². The van der Waals surface area contributed by atoms with Crippen LogP contribution in [0.1, 0.15) is 22.3 Å². The van der Waals surface area contributed by atoms with Crippen LogP contribution in [0.25, 0.3) is 24.3 Å². The van der Waals surface area contributed by atoms with Gasteiger partial charge in [-0.15, -0.1) is 59.7 Å². The summed E-state index contributed by atoms with van der Waals surface area (Å²) in [6.45, 7) is 0. The van der Waals surface area contributed by atoms with Crippen molar-refractivity contribution < 1.29 is 34.1 Å². The SMILES string of the molecule is C(=C[c-]1cccc1)c1ccc(C=C[c-]2cccc2)cc1.[Fe].[Fe].c1cc[cH-]c1.c1cc[cH-]c1. The molecule has 5 aromatic rings. The standard InChI is InChI=1S/C20H16.2C5H5.2Fe/c1-2-6-17(5-1)9-11-19-13-15-20(16-14-19)12-10-18-7-3-4-8-18;2*1-2-4-5-3-1;;/h1-16H;2*1-5H;;/q-2;2*-1;;. The average Bonchev–Trinajstić information content (AvgIpc) is 3.63. The van der Waals surface area contributed by atoms with Crippen LogP contribution in [0.4, 0.5) is 0 Å². The third kappa shape index (κ3) is 11.0. The fraction of sp³-hybridized carbons (Fsp3) is 0. The second-order valence-corrected chi connectivity index (χ2v) is 6.69. The third-order valence-electron chi connectivity index (χ3n) is 4.36. The topological polar surface area (TPSA) is 0 Å². The Morgan fingerprint density at radius 1 is 0.469 bits per heavy atom. The number of benzene rings is 1. The van der Waals surface area contributed by atoms with E-state index in [0.29, 0.717) is 0 Å². The quantitative estimate of drug-likeness (QED) is 0.173. The van der Waals surface area contributed by atoms with Crippen LogP contribution in [-0.4, -0.2) is 0 Å². The molecule has 5 aromatic carbocycles. The molecule has 0 aliphatic heterocycles. The molecule has 5 rings (SSSR count). The van der Waals surface area contributed by atoms with E-state index in [0.717, 1.165) is 0 Å². The van der Waals surface area contributed by atoms with Gasteiger partial charge in [-0.3, -0.25) is 0 Å². The monoisotopic (exact) mass is 498 g/mol. The van der Waals surface area contributed by atoms with Gasteiger partial charge in [0, 0.05) is 34.1 Å². The molecule has 32 heavy (non-hydrogen) atoms. The Labute approximate surface area is 213 Å². The fourth-order valence-corrected chi connectivity index (χ4v) is 2.74. The summed E-state index contributed by atoms with van der Waals surface area (Å²) in [7, 11) is 0. The molecule has 0 radical (unpaired) electrons. The Bertz CT molecular complexity index is 919. The van der Waals surface area contributed by atoms with E-state index in [1.54, 1.807) is 0 Å². The van der Waals surface area contributed by atoms with Crippen molar-refractivity contribution in [3.63, 3.8) is 0 Å². The first-order valence-corrected chi connectivity index (χ1v) is 10.1. The predicted molar refractivity (Wildman–Crippen MR) is 132 cm³/mol. The molecule has 0 aliphatic carbocycles. The maximum atomic E-state index is 2.14. The first-order valence-electron chi connectivity index (χ1n) is 10.1. The van der Waals surface area contributed by atoms with Crippen LogP contribution in [0.15, 0.2) is 133 Å². The second kappa shape index (κ2) is 16.8. The zero-order chi connectivity index (χ0) is 20.7. The van der Waals surface area contributed by atoms with Gasteiger partial charge in [0.2, 0.25) is 0 Å². The molecule has 0 nitrogen and oxygen atoms in total. The van der Waals surface area contributed by atoms with Crippen molar-refractivity contribution in [3.05, 3.63) is 156 Å². The van der Waals surface area contributed by atoms with E-state index in [2.05, 4.69) is 97.1 Å². The van der Waals surface area contributed by atoms with Crippen LogP contribution in [0.3, 0.4) is 0 Å². The summed E-state index contributed by atoms with van der Waals surface area (Å²) in [6, 6.07) is 45.2. The minimum absolute atomic E-state index is 0. The first-order chi connectivity index (χ1) is 14.9. The Balaban J connectivity index is 0.000000353. The van der Waals surface area contributed by atoms with Crippen molar-refractivity contribution in [2.24, 2.45) is 0 Å². The van der Waals surface area contributed by atoms with Crippen molar-refractivity contribution in [2.45, 2.75) is 0 Å². The number of hydrogen-bond acceptors (Lipinski definition) is 0. The number of rotatable bonds is 4. The summed E-state index contributed by atoms with van der Waals surface area (Å²) in [5.74, 6) is 0.